The van der Waals surface area contributed by atoms with Crippen molar-refractivity contribution in [2.45, 2.75) is 19.3 Å². The van der Waals surface area contributed by atoms with Crippen molar-refractivity contribution in [2.24, 2.45) is 0 Å². The molecule has 0 unspecified atom stereocenters. The number of hydrogen-bond acceptors (Lipinski definition) is 4. The van der Waals surface area contributed by atoms with Gasteiger partial charge in [-0.25, -0.2) is 0 Å². The Labute approximate surface area is 132 Å². The Bertz CT molecular complexity index is 840. The van der Waals surface area contributed by atoms with Gasteiger partial charge in [-0.3, -0.25) is 19.5 Å². The Hall–Kier alpha value is -1.00. The maximum Gasteiger partial charge on any atom is 0.342 e. The maximum absolute atomic E-state index is 11.4. The Morgan fingerprint density at radius 1 is 1.29 bits per heavy atom. The van der Waals surface area contributed by atoms with Crippen LogP contribution in [0.4, 0.5) is 0 Å². The van der Waals surface area contributed by atoms with Gasteiger partial charge in [0.15, 0.2) is 0 Å². The van der Waals surface area contributed by atoms with Crippen molar-refractivity contribution in [1.82, 2.24) is 15.3 Å². The van der Waals surface area contributed by atoms with Crippen LogP contribution in [0.3, 0.4) is 0 Å². The molecule has 10 heteroatoms. The molecule has 2 aromatic rings. The molecule has 0 aliphatic rings. The van der Waals surface area contributed by atoms with Crippen molar-refractivity contribution in [2.75, 3.05) is 0 Å². The molecule has 0 spiro atoms. The normalized spacial score (nSPS) is 13.5. The van der Waals surface area contributed by atoms with E-state index in [1.165, 1.54) is 6.92 Å². The lowest BCUT2D eigenvalue weighted by atomic mass is 10.1. The topological polar surface area (TPSA) is 135 Å². The van der Waals surface area contributed by atoms with Crippen LogP contribution < -0.4 is 16.4 Å². The number of fused-ring (bicyclic) bond motifs is 1. The average Bonchev–Trinajstić information content (AvgIpc) is 2.36. The predicted octanol–water partition coefficient (Wildman–Crippen LogP) is 0.434. The average molecular weight is 425 g/mol. The Balaban J connectivity index is 2.44. The third kappa shape index (κ3) is 3.80. The summed E-state index contributed by atoms with van der Waals surface area (Å²) in [6.45, 7) is 1.52. The van der Waals surface area contributed by atoms with Crippen molar-refractivity contribution in [3.05, 3.63) is 42.0 Å². The monoisotopic (exact) mass is 425 g/mol. The van der Waals surface area contributed by atoms with E-state index in [4.69, 9.17) is 9.79 Å². The number of aromatic nitrogens is 2. The van der Waals surface area contributed by atoms with E-state index in [0.717, 1.165) is 3.57 Å². The molecule has 5 N–H and O–H groups in total. The molecule has 8 nitrogen and oxygen atoms in total. The fourth-order valence-corrected chi connectivity index (χ4v) is 2.79. The molecule has 114 valence electrons. The second-order valence-electron chi connectivity index (χ2n) is 4.54. The van der Waals surface area contributed by atoms with E-state index < -0.39 is 24.5 Å². The van der Waals surface area contributed by atoms with Crippen LogP contribution in [0, 0.1) is 3.57 Å². The highest BCUT2D eigenvalue weighted by Crippen LogP contribution is 2.39. The fourth-order valence-electron chi connectivity index (χ4n) is 1.77. The van der Waals surface area contributed by atoms with Crippen LogP contribution >= 0.6 is 30.2 Å². The number of rotatable bonds is 4. The molecule has 2 rings (SSSR count). The second-order valence-corrected chi connectivity index (χ2v) is 7.74. The number of aromatic amines is 2. The minimum absolute atomic E-state index is 0.140. The van der Waals surface area contributed by atoms with Crippen molar-refractivity contribution < 1.29 is 14.4 Å². The molecule has 1 aromatic carbocycles. The summed E-state index contributed by atoms with van der Waals surface area (Å²) in [6, 6.07) is 3.46. The van der Waals surface area contributed by atoms with Gasteiger partial charge in [0.25, 0.3) is 0 Å². The summed E-state index contributed by atoms with van der Waals surface area (Å²) < 4.78 is 11.9. The van der Waals surface area contributed by atoms with E-state index in [0.29, 0.717) is 16.6 Å². The van der Waals surface area contributed by atoms with Crippen LogP contribution in [0.15, 0.2) is 21.7 Å². The Morgan fingerprint density at radius 3 is 2.52 bits per heavy atom. The van der Waals surface area contributed by atoms with Gasteiger partial charge in [0.05, 0.1) is 11.0 Å². The number of benzene rings is 1. The van der Waals surface area contributed by atoms with Gasteiger partial charge in [0.2, 0.25) is 0 Å². The first-order valence-corrected chi connectivity index (χ1v) is 8.68. The molecule has 1 atom stereocenters. The molecule has 1 heterocycles. The van der Waals surface area contributed by atoms with Crippen LogP contribution in [-0.4, -0.2) is 25.5 Å². The van der Waals surface area contributed by atoms with Gasteiger partial charge in [-0.15, -0.1) is 0 Å². The van der Waals surface area contributed by atoms with Crippen LogP contribution in [0.25, 0.3) is 11.0 Å². The molecule has 21 heavy (non-hydrogen) atoms. The van der Waals surface area contributed by atoms with Crippen molar-refractivity contribution in [1.29, 1.82) is 0 Å². The summed E-state index contributed by atoms with van der Waals surface area (Å²) in [4.78, 5) is 45.8. The minimum Gasteiger partial charge on any atom is -0.323 e. The zero-order valence-corrected chi connectivity index (χ0v) is 13.9. The van der Waals surface area contributed by atoms with Crippen molar-refractivity contribution in [3.63, 3.8) is 0 Å². The molecule has 0 radical (unpaired) electrons. The molecule has 0 saturated heterocycles. The van der Waals surface area contributed by atoms with Gasteiger partial charge in [-0.2, -0.15) is 0 Å². The molecule has 1 aromatic heterocycles. The van der Waals surface area contributed by atoms with Gasteiger partial charge in [-0.1, -0.05) is 0 Å². The highest BCUT2D eigenvalue weighted by molar-refractivity contribution is 14.1. The van der Waals surface area contributed by atoms with Gasteiger partial charge >= 0.3 is 18.7 Å². The zero-order valence-electron chi connectivity index (χ0n) is 10.9. The lowest BCUT2D eigenvalue weighted by Crippen LogP contribution is -2.30. The smallest absolute Gasteiger partial charge is 0.323 e. The van der Waals surface area contributed by atoms with E-state index in [-0.39, 0.29) is 6.54 Å². The van der Waals surface area contributed by atoms with Gasteiger partial charge in [0.1, 0.15) is 5.78 Å². The lowest BCUT2D eigenvalue weighted by molar-refractivity contribution is 0.350. The van der Waals surface area contributed by atoms with Crippen LogP contribution in [0.5, 0.6) is 0 Å². The first-order valence-electron chi connectivity index (χ1n) is 5.92. The van der Waals surface area contributed by atoms with Gasteiger partial charge in [-0.05, 0) is 47.2 Å². The van der Waals surface area contributed by atoms with Crippen molar-refractivity contribution in [3.8, 4) is 0 Å². The third-order valence-corrected chi connectivity index (χ3v) is 4.78. The third-order valence-electron chi connectivity index (χ3n) is 2.97. The first-order chi connectivity index (χ1) is 9.68. The molecule has 0 aliphatic carbocycles. The van der Waals surface area contributed by atoms with E-state index in [9.17, 15) is 14.2 Å². The summed E-state index contributed by atoms with van der Waals surface area (Å²) in [7, 11) is -4.23. The molecular weight excluding hydrogens is 412 g/mol. The molecule has 0 amide bonds. The molecule has 0 fully saturated rings. The minimum atomic E-state index is -4.23. The first kappa shape index (κ1) is 16.4. The van der Waals surface area contributed by atoms with Gasteiger partial charge < -0.3 is 19.8 Å². The van der Waals surface area contributed by atoms with E-state index in [2.05, 4.69) is 37.9 Å². The van der Waals surface area contributed by atoms with E-state index in [1.807, 2.05) is 0 Å². The quantitative estimate of drug-likeness (QED) is 0.274. The number of nitrogens with one attached hydrogen (secondary N) is 3. The SMILES string of the molecule is C[C@@H](NCc1cc(I)cc2[nH]c(=O)c(=O)[nH]c12)P(=O)(O)O. The summed E-state index contributed by atoms with van der Waals surface area (Å²) in [6.07, 6.45) is 0. The highest BCUT2D eigenvalue weighted by Gasteiger charge is 2.23. The van der Waals surface area contributed by atoms with Crippen LogP contribution in [0.2, 0.25) is 0 Å². The van der Waals surface area contributed by atoms with Crippen LogP contribution in [-0.2, 0) is 11.1 Å². The fraction of sp³-hybridized carbons (Fsp3) is 0.273. The number of halogens is 1. The van der Waals surface area contributed by atoms with E-state index in [1.54, 1.807) is 12.1 Å². The van der Waals surface area contributed by atoms with Crippen LogP contribution in [0.1, 0.15) is 12.5 Å². The van der Waals surface area contributed by atoms with Gasteiger partial charge in [0, 0.05) is 10.1 Å². The molecular formula is C11H13IN3O5P. The largest absolute Gasteiger partial charge is 0.342 e. The highest BCUT2D eigenvalue weighted by atomic mass is 127. The summed E-state index contributed by atoms with van der Waals surface area (Å²) >= 11 is 2.05. The number of hydrogen-bond donors (Lipinski definition) is 5. The van der Waals surface area contributed by atoms with Crippen molar-refractivity contribution >= 4 is 41.2 Å². The zero-order chi connectivity index (χ0) is 15.8. The maximum atomic E-state index is 11.4. The number of H-pyrrole nitrogens is 2. The molecule has 0 aliphatic heterocycles. The Morgan fingerprint density at radius 2 is 1.90 bits per heavy atom. The van der Waals surface area contributed by atoms with E-state index >= 15 is 0 Å². The lowest BCUT2D eigenvalue weighted by Gasteiger charge is -2.16. The summed E-state index contributed by atoms with van der Waals surface area (Å²) in [5.41, 5.74) is 0.0168. The predicted molar refractivity (Wildman–Crippen MR) is 86.3 cm³/mol. The summed E-state index contributed by atoms with van der Waals surface area (Å²) in [5.74, 6) is -1.01. The summed E-state index contributed by atoms with van der Waals surface area (Å²) in [5, 5.41) is 2.71. The molecule has 0 saturated carbocycles. The Kier molecular flexibility index (Phi) is 4.69. The standard InChI is InChI=1S/C11H13IN3O5P/c1-5(21(18,19)20)13-4-6-2-7(12)3-8-9(6)15-11(17)10(16)14-8/h2-3,5,13H,4H2,1H3,(H,14,16)(H,15,17)(H2,18,19,20)/t5-/m0/s1. The second kappa shape index (κ2) is 6.01. The molecule has 0 bridgehead atoms.